The van der Waals surface area contributed by atoms with E-state index >= 15 is 0 Å². The van der Waals surface area contributed by atoms with Crippen LogP contribution < -0.4 is 10.6 Å². The van der Waals surface area contributed by atoms with Gasteiger partial charge in [-0.05, 0) is 18.4 Å². The highest BCUT2D eigenvalue weighted by atomic mass is 32.1. The van der Waals surface area contributed by atoms with Crippen molar-refractivity contribution in [3.63, 3.8) is 0 Å². The smallest absolute Gasteiger partial charge is 0.191 e. The summed E-state index contributed by atoms with van der Waals surface area (Å²) in [5.74, 6) is 0.868. The number of hydrogen-bond donors (Lipinski definition) is 2. The van der Waals surface area contributed by atoms with Crippen molar-refractivity contribution in [3.8, 4) is 0 Å². The second-order valence-electron chi connectivity index (χ2n) is 5.78. The summed E-state index contributed by atoms with van der Waals surface area (Å²) in [5.41, 5.74) is 0.0564. The predicted octanol–water partition coefficient (Wildman–Crippen LogP) is 2.48. The molecule has 0 unspecified atom stereocenters. The molecule has 0 spiro atoms. The zero-order chi connectivity index (χ0) is 15.8. The molecule has 0 saturated carbocycles. The van der Waals surface area contributed by atoms with E-state index < -0.39 is 0 Å². The lowest BCUT2D eigenvalue weighted by Crippen LogP contribution is -2.39. The molecule has 2 N–H and O–H groups in total. The van der Waals surface area contributed by atoms with Crippen LogP contribution in [0.5, 0.6) is 0 Å². The van der Waals surface area contributed by atoms with Crippen LogP contribution in [0.4, 0.5) is 0 Å². The quantitative estimate of drug-likeness (QED) is 0.609. The summed E-state index contributed by atoms with van der Waals surface area (Å²) < 4.78 is 2.05. The van der Waals surface area contributed by atoms with Crippen LogP contribution in [0.15, 0.2) is 41.2 Å². The zero-order valence-corrected chi connectivity index (χ0v) is 14.4. The molecular formula is C16H25N5S. The van der Waals surface area contributed by atoms with Crippen molar-refractivity contribution in [1.82, 2.24) is 20.2 Å². The molecule has 0 saturated heterocycles. The topological polar surface area (TPSA) is 54.2 Å². The van der Waals surface area contributed by atoms with E-state index in [1.165, 1.54) is 4.88 Å². The highest BCUT2D eigenvalue weighted by molar-refractivity contribution is 7.10. The summed E-state index contributed by atoms with van der Waals surface area (Å²) in [6.45, 7) is 9.86. The molecular weight excluding hydrogens is 294 g/mol. The summed E-state index contributed by atoms with van der Waals surface area (Å²) in [4.78, 5) is 10.1. The number of rotatable bonds is 7. The lowest BCUT2D eigenvalue weighted by atomic mass is 9.92. The largest absolute Gasteiger partial charge is 0.357 e. The van der Waals surface area contributed by atoms with Gasteiger partial charge in [0.25, 0.3) is 0 Å². The van der Waals surface area contributed by atoms with Crippen LogP contribution in [0.25, 0.3) is 0 Å². The monoisotopic (exact) mass is 319 g/mol. The predicted molar refractivity (Wildman–Crippen MR) is 93.6 cm³/mol. The molecule has 2 aromatic heterocycles. The zero-order valence-electron chi connectivity index (χ0n) is 13.5. The molecule has 2 heterocycles. The molecule has 0 aliphatic rings. The number of guanidine groups is 1. The van der Waals surface area contributed by atoms with Crippen molar-refractivity contribution in [2.45, 2.75) is 32.7 Å². The number of nitrogens with zero attached hydrogens (tertiary/aromatic N) is 3. The third-order valence-electron chi connectivity index (χ3n) is 3.39. The van der Waals surface area contributed by atoms with Crippen molar-refractivity contribution in [1.29, 1.82) is 0 Å². The van der Waals surface area contributed by atoms with Crippen LogP contribution in [0.3, 0.4) is 0 Å². The van der Waals surface area contributed by atoms with E-state index in [2.05, 4.69) is 53.9 Å². The Balaban J connectivity index is 1.89. The van der Waals surface area contributed by atoms with Gasteiger partial charge in [0.2, 0.25) is 0 Å². The summed E-state index contributed by atoms with van der Waals surface area (Å²) in [6, 6.07) is 4.28. The fraction of sp³-hybridized carbons (Fsp3) is 0.500. The SMILES string of the molecule is CCNC(=NCC(C)(C)c1cccs1)NCCn1ccnc1. The van der Waals surface area contributed by atoms with Crippen molar-refractivity contribution in [3.05, 3.63) is 41.1 Å². The maximum Gasteiger partial charge on any atom is 0.191 e. The molecule has 0 bridgehead atoms. The highest BCUT2D eigenvalue weighted by Gasteiger charge is 2.21. The number of aromatic nitrogens is 2. The fourth-order valence-corrected chi connectivity index (χ4v) is 2.93. The Morgan fingerprint density at radius 1 is 1.41 bits per heavy atom. The summed E-state index contributed by atoms with van der Waals surface area (Å²) >= 11 is 1.79. The second kappa shape index (κ2) is 7.98. The van der Waals surface area contributed by atoms with Gasteiger partial charge in [-0.25, -0.2) is 4.98 Å². The van der Waals surface area contributed by atoms with Crippen molar-refractivity contribution in [2.24, 2.45) is 4.99 Å². The van der Waals surface area contributed by atoms with E-state index in [1.807, 2.05) is 17.1 Å². The molecule has 0 radical (unpaired) electrons. The number of imidazole rings is 1. The van der Waals surface area contributed by atoms with Gasteiger partial charge in [-0.3, -0.25) is 4.99 Å². The van der Waals surface area contributed by atoms with Crippen LogP contribution in [0.2, 0.25) is 0 Å². The first-order valence-corrected chi connectivity index (χ1v) is 8.51. The standard InChI is InChI=1S/C16H25N5S/c1-4-18-15(19-8-10-21-9-7-17-13-21)20-12-16(2,3)14-6-5-11-22-14/h5-7,9,11,13H,4,8,10,12H2,1-3H3,(H2,18,19,20). The number of aliphatic imine (C=N–C) groups is 1. The first-order chi connectivity index (χ1) is 10.6. The van der Waals surface area contributed by atoms with Gasteiger partial charge in [-0.15, -0.1) is 11.3 Å². The van der Waals surface area contributed by atoms with E-state index in [0.717, 1.165) is 32.1 Å². The molecule has 0 aliphatic heterocycles. The minimum atomic E-state index is 0.0564. The van der Waals surface area contributed by atoms with Crippen molar-refractivity contribution < 1.29 is 0 Å². The lowest BCUT2D eigenvalue weighted by molar-refractivity contribution is 0.547. The third kappa shape index (κ3) is 4.87. The first-order valence-electron chi connectivity index (χ1n) is 7.64. The van der Waals surface area contributed by atoms with Crippen LogP contribution in [0, 0.1) is 0 Å². The molecule has 6 heteroatoms. The molecule has 2 aromatic rings. The van der Waals surface area contributed by atoms with Gasteiger partial charge in [0.15, 0.2) is 5.96 Å². The van der Waals surface area contributed by atoms with E-state index in [4.69, 9.17) is 4.99 Å². The van der Waals surface area contributed by atoms with Gasteiger partial charge in [-0.2, -0.15) is 0 Å². The van der Waals surface area contributed by atoms with E-state index in [0.29, 0.717) is 0 Å². The summed E-state index contributed by atoms with van der Waals surface area (Å²) in [6.07, 6.45) is 5.58. The second-order valence-corrected chi connectivity index (χ2v) is 6.73. The number of nitrogens with one attached hydrogen (secondary N) is 2. The Hall–Kier alpha value is -1.82. The van der Waals surface area contributed by atoms with Crippen LogP contribution in [-0.4, -0.2) is 35.1 Å². The van der Waals surface area contributed by atoms with Gasteiger partial charge >= 0.3 is 0 Å². The summed E-state index contributed by atoms with van der Waals surface area (Å²) in [5, 5.41) is 8.79. The average molecular weight is 319 g/mol. The minimum Gasteiger partial charge on any atom is -0.357 e. The summed E-state index contributed by atoms with van der Waals surface area (Å²) in [7, 11) is 0. The fourth-order valence-electron chi connectivity index (χ4n) is 2.08. The average Bonchev–Trinajstić information content (AvgIpc) is 3.18. The molecule has 0 aromatic carbocycles. The van der Waals surface area contributed by atoms with Crippen molar-refractivity contribution >= 4 is 17.3 Å². The van der Waals surface area contributed by atoms with Gasteiger partial charge < -0.3 is 15.2 Å². The molecule has 2 rings (SSSR count). The van der Waals surface area contributed by atoms with Gasteiger partial charge in [0.1, 0.15) is 0 Å². The Bertz CT molecular complexity index is 557. The Morgan fingerprint density at radius 3 is 2.91 bits per heavy atom. The third-order valence-corrected chi connectivity index (χ3v) is 4.62. The van der Waals surface area contributed by atoms with Gasteiger partial charge in [0.05, 0.1) is 12.9 Å². The van der Waals surface area contributed by atoms with E-state index in [1.54, 1.807) is 17.5 Å². The maximum absolute atomic E-state index is 4.74. The molecule has 0 amide bonds. The molecule has 0 aliphatic carbocycles. The molecule has 22 heavy (non-hydrogen) atoms. The molecule has 5 nitrogen and oxygen atoms in total. The highest BCUT2D eigenvalue weighted by Crippen LogP contribution is 2.27. The lowest BCUT2D eigenvalue weighted by Gasteiger charge is -2.21. The van der Waals surface area contributed by atoms with E-state index in [-0.39, 0.29) is 5.41 Å². The Morgan fingerprint density at radius 2 is 2.27 bits per heavy atom. The Kier molecular flexibility index (Phi) is 6.00. The van der Waals surface area contributed by atoms with Crippen LogP contribution in [-0.2, 0) is 12.0 Å². The van der Waals surface area contributed by atoms with Crippen LogP contribution >= 0.6 is 11.3 Å². The normalized spacial score (nSPS) is 12.4. The molecule has 0 fully saturated rings. The molecule has 0 atom stereocenters. The van der Waals surface area contributed by atoms with Crippen LogP contribution in [0.1, 0.15) is 25.6 Å². The first kappa shape index (κ1) is 16.5. The van der Waals surface area contributed by atoms with Gasteiger partial charge in [-0.1, -0.05) is 19.9 Å². The maximum atomic E-state index is 4.74. The number of thiophene rings is 1. The van der Waals surface area contributed by atoms with Crippen molar-refractivity contribution in [2.75, 3.05) is 19.6 Å². The molecule has 120 valence electrons. The minimum absolute atomic E-state index is 0.0564. The van der Waals surface area contributed by atoms with E-state index in [9.17, 15) is 0 Å². The number of hydrogen-bond acceptors (Lipinski definition) is 3. The Labute approximate surface area is 136 Å². The van der Waals surface area contributed by atoms with Gasteiger partial charge in [0, 0.05) is 42.3 Å².